The van der Waals surface area contributed by atoms with E-state index in [4.69, 9.17) is 4.74 Å². The summed E-state index contributed by atoms with van der Waals surface area (Å²) in [5.41, 5.74) is 0. The SMILES string of the molecule is CCS(=O)(=O)CCNC(=NCC(C)C)N[C@H](C)[C@H]1CCCO1. The third kappa shape index (κ3) is 7.45. The van der Waals surface area contributed by atoms with Gasteiger partial charge in [0, 0.05) is 25.4 Å². The molecule has 1 aliphatic heterocycles. The van der Waals surface area contributed by atoms with Crippen LogP contribution in [0.4, 0.5) is 0 Å². The molecule has 130 valence electrons. The summed E-state index contributed by atoms with van der Waals surface area (Å²) in [4.78, 5) is 4.52. The van der Waals surface area contributed by atoms with E-state index in [2.05, 4.69) is 36.4 Å². The third-order valence-electron chi connectivity index (χ3n) is 3.65. The minimum absolute atomic E-state index is 0.125. The second-order valence-corrected chi connectivity index (χ2v) is 8.70. The van der Waals surface area contributed by atoms with Gasteiger partial charge < -0.3 is 15.4 Å². The summed E-state index contributed by atoms with van der Waals surface area (Å²) in [7, 11) is -2.96. The molecule has 1 saturated heterocycles. The number of nitrogens with one attached hydrogen (secondary N) is 2. The highest BCUT2D eigenvalue weighted by Gasteiger charge is 2.23. The molecule has 0 saturated carbocycles. The number of rotatable bonds is 8. The largest absolute Gasteiger partial charge is 0.376 e. The van der Waals surface area contributed by atoms with Crippen molar-refractivity contribution in [2.75, 3.05) is 31.2 Å². The van der Waals surface area contributed by atoms with Crippen molar-refractivity contribution in [3.63, 3.8) is 0 Å². The van der Waals surface area contributed by atoms with Gasteiger partial charge in [-0.15, -0.1) is 0 Å². The van der Waals surface area contributed by atoms with Crippen LogP contribution in [0, 0.1) is 5.92 Å². The molecule has 1 fully saturated rings. The molecule has 0 aromatic rings. The van der Waals surface area contributed by atoms with E-state index in [0.717, 1.165) is 19.4 Å². The van der Waals surface area contributed by atoms with Gasteiger partial charge in [0.15, 0.2) is 15.8 Å². The van der Waals surface area contributed by atoms with Crippen molar-refractivity contribution in [3.05, 3.63) is 0 Å². The van der Waals surface area contributed by atoms with Crippen molar-refractivity contribution in [1.82, 2.24) is 10.6 Å². The summed E-state index contributed by atoms with van der Waals surface area (Å²) in [6, 6.07) is 0.156. The Balaban J connectivity index is 2.53. The fourth-order valence-corrected chi connectivity index (χ4v) is 2.90. The van der Waals surface area contributed by atoms with E-state index in [0.29, 0.717) is 25.0 Å². The molecule has 2 N–H and O–H groups in total. The van der Waals surface area contributed by atoms with E-state index in [-0.39, 0.29) is 23.7 Å². The predicted octanol–water partition coefficient (Wildman–Crippen LogP) is 1.18. The lowest BCUT2D eigenvalue weighted by Gasteiger charge is -2.23. The van der Waals surface area contributed by atoms with Gasteiger partial charge in [0.05, 0.1) is 17.9 Å². The number of aliphatic imine (C=N–C) groups is 1. The lowest BCUT2D eigenvalue weighted by atomic mass is 10.1. The summed E-state index contributed by atoms with van der Waals surface area (Å²) in [5, 5.41) is 6.46. The molecule has 0 unspecified atom stereocenters. The molecule has 1 aliphatic rings. The van der Waals surface area contributed by atoms with Crippen LogP contribution in [0.25, 0.3) is 0 Å². The van der Waals surface area contributed by atoms with Gasteiger partial charge >= 0.3 is 0 Å². The van der Waals surface area contributed by atoms with Gasteiger partial charge in [-0.3, -0.25) is 4.99 Å². The van der Waals surface area contributed by atoms with Crippen LogP contribution in [0.2, 0.25) is 0 Å². The molecule has 22 heavy (non-hydrogen) atoms. The maximum atomic E-state index is 11.6. The Bertz CT molecular complexity index is 443. The van der Waals surface area contributed by atoms with E-state index in [1.165, 1.54) is 0 Å². The molecule has 2 atom stereocenters. The summed E-state index contributed by atoms with van der Waals surface area (Å²) in [5.74, 6) is 1.42. The van der Waals surface area contributed by atoms with Crippen LogP contribution in [0.3, 0.4) is 0 Å². The maximum Gasteiger partial charge on any atom is 0.191 e. The Morgan fingerprint density at radius 1 is 1.36 bits per heavy atom. The van der Waals surface area contributed by atoms with Crippen LogP contribution >= 0.6 is 0 Å². The summed E-state index contributed by atoms with van der Waals surface area (Å²) >= 11 is 0. The van der Waals surface area contributed by atoms with Crippen LogP contribution in [-0.2, 0) is 14.6 Å². The lowest BCUT2D eigenvalue weighted by Crippen LogP contribution is -2.48. The van der Waals surface area contributed by atoms with Gasteiger partial charge in [-0.25, -0.2) is 8.42 Å². The van der Waals surface area contributed by atoms with Crippen LogP contribution in [-0.4, -0.2) is 57.7 Å². The van der Waals surface area contributed by atoms with Crippen molar-refractivity contribution in [1.29, 1.82) is 0 Å². The van der Waals surface area contributed by atoms with E-state index < -0.39 is 9.84 Å². The topological polar surface area (TPSA) is 79.8 Å². The Morgan fingerprint density at radius 2 is 2.09 bits per heavy atom. The molecule has 0 amide bonds. The van der Waals surface area contributed by atoms with E-state index >= 15 is 0 Å². The van der Waals surface area contributed by atoms with E-state index in [9.17, 15) is 8.42 Å². The zero-order valence-corrected chi connectivity index (χ0v) is 15.1. The number of hydrogen-bond acceptors (Lipinski definition) is 4. The highest BCUT2D eigenvalue weighted by molar-refractivity contribution is 7.91. The van der Waals surface area contributed by atoms with Gasteiger partial charge in [0.1, 0.15) is 0 Å². The molecule has 7 heteroatoms. The lowest BCUT2D eigenvalue weighted by molar-refractivity contribution is 0.0890. The molecule has 1 heterocycles. The first-order valence-corrected chi connectivity index (χ1v) is 10.0. The maximum absolute atomic E-state index is 11.6. The molecule has 0 bridgehead atoms. The Morgan fingerprint density at radius 3 is 2.64 bits per heavy atom. The third-order valence-corrected chi connectivity index (χ3v) is 5.35. The van der Waals surface area contributed by atoms with Crippen LogP contribution < -0.4 is 10.6 Å². The highest BCUT2D eigenvalue weighted by atomic mass is 32.2. The Hall–Kier alpha value is -0.820. The zero-order valence-electron chi connectivity index (χ0n) is 14.3. The molecular formula is C15H31N3O3S. The van der Waals surface area contributed by atoms with Gasteiger partial charge in [-0.1, -0.05) is 20.8 Å². The average Bonchev–Trinajstić information content (AvgIpc) is 2.98. The van der Waals surface area contributed by atoms with Crippen molar-refractivity contribution >= 4 is 15.8 Å². The first-order chi connectivity index (χ1) is 10.3. The van der Waals surface area contributed by atoms with Gasteiger partial charge in [0.25, 0.3) is 0 Å². The van der Waals surface area contributed by atoms with Gasteiger partial charge in [-0.05, 0) is 25.7 Å². The number of guanidine groups is 1. The minimum Gasteiger partial charge on any atom is -0.376 e. The van der Waals surface area contributed by atoms with Crippen molar-refractivity contribution in [2.24, 2.45) is 10.9 Å². The summed E-state index contributed by atoms with van der Waals surface area (Å²) < 4.78 is 28.8. The quantitative estimate of drug-likeness (QED) is 0.515. The van der Waals surface area contributed by atoms with Crippen molar-refractivity contribution in [3.8, 4) is 0 Å². The summed E-state index contributed by atoms with van der Waals surface area (Å²) in [6.07, 6.45) is 2.35. The van der Waals surface area contributed by atoms with Gasteiger partial charge in [-0.2, -0.15) is 0 Å². The first-order valence-electron chi connectivity index (χ1n) is 8.21. The number of nitrogens with zero attached hydrogens (tertiary/aromatic N) is 1. The molecule has 0 spiro atoms. The van der Waals surface area contributed by atoms with E-state index in [1.807, 2.05) is 0 Å². The summed E-state index contributed by atoms with van der Waals surface area (Å²) in [6.45, 7) is 9.84. The number of hydrogen-bond donors (Lipinski definition) is 2. The van der Waals surface area contributed by atoms with Gasteiger partial charge in [0.2, 0.25) is 0 Å². The van der Waals surface area contributed by atoms with Crippen LogP contribution in [0.5, 0.6) is 0 Å². The van der Waals surface area contributed by atoms with Crippen molar-refractivity contribution < 1.29 is 13.2 Å². The molecule has 6 nitrogen and oxygen atoms in total. The Kier molecular flexibility index (Phi) is 8.17. The number of sulfone groups is 1. The molecule has 0 aromatic heterocycles. The smallest absolute Gasteiger partial charge is 0.191 e. The highest BCUT2D eigenvalue weighted by Crippen LogP contribution is 2.15. The monoisotopic (exact) mass is 333 g/mol. The van der Waals surface area contributed by atoms with E-state index in [1.54, 1.807) is 6.92 Å². The second kappa shape index (κ2) is 9.35. The molecule has 0 aliphatic carbocycles. The zero-order chi connectivity index (χ0) is 16.6. The fraction of sp³-hybridized carbons (Fsp3) is 0.933. The molecule has 1 rings (SSSR count). The van der Waals surface area contributed by atoms with Crippen molar-refractivity contribution in [2.45, 2.75) is 52.7 Å². The molecule has 0 aromatic carbocycles. The first kappa shape index (κ1) is 19.2. The predicted molar refractivity (Wildman–Crippen MR) is 91.0 cm³/mol. The normalized spacial score (nSPS) is 21.1. The minimum atomic E-state index is -2.96. The average molecular weight is 333 g/mol. The van der Waals surface area contributed by atoms with Crippen LogP contribution in [0.1, 0.15) is 40.5 Å². The molecule has 0 radical (unpaired) electrons. The Labute approximate surface area is 135 Å². The molecular weight excluding hydrogens is 302 g/mol. The standard InChI is InChI=1S/C15H31N3O3S/c1-5-22(19,20)10-8-16-15(17-11-12(2)3)18-13(4)14-7-6-9-21-14/h12-14H,5-11H2,1-4H3,(H2,16,17,18)/t13-,14-/m1/s1. The number of ether oxygens (including phenoxy) is 1. The fourth-order valence-electron chi connectivity index (χ4n) is 2.20. The second-order valence-electron chi connectivity index (χ2n) is 6.23. The van der Waals surface area contributed by atoms with Crippen LogP contribution in [0.15, 0.2) is 4.99 Å².